The van der Waals surface area contributed by atoms with Gasteiger partial charge in [-0.15, -0.1) is 0 Å². The van der Waals surface area contributed by atoms with Gasteiger partial charge in [0.2, 0.25) is 0 Å². The van der Waals surface area contributed by atoms with Crippen molar-refractivity contribution in [1.29, 1.82) is 0 Å². The summed E-state index contributed by atoms with van der Waals surface area (Å²) in [6, 6.07) is 1.91. The maximum absolute atomic E-state index is 10.2. The molecular formula is C13H17BrO3. The minimum absolute atomic E-state index is 0.380. The number of hydrogen-bond acceptors (Lipinski definition) is 3. The average molecular weight is 301 g/mol. The number of benzene rings is 1. The lowest BCUT2D eigenvalue weighted by Crippen LogP contribution is -2.15. The van der Waals surface area contributed by atoms with Gasteiger partial charge >= 0.3 is 0 Å². The molecule has 0 saturated heterocycles. The van der Waals surface area contributed by atoms with Crippen LogP contribution >= 0.6 is 15.9 Å². The van der Waals surface area contributed by atoms with Gasteiger partial charge in [0, 0.05) is 11.1 Å². The summed E-state index contributed by atoms with van der Waals surface area (Å²) in [5.74, 6) is 1.92. The predicted molar refractivity (Wildman–Crippen MR) is 69.9 cm³/mol. The van der Waals surface area contributed by atoms with E-state index in [0.29, 0.717) is 5.92 Å². The van der Waals surface area contributed by atoms with E-state index in [1.807, 2.05) is 6.07 Å². The zero-order valence-electron chi connectivity index (χ0n) is 10.3. The molecule has 0 bridgehead atoms. The van der Waals surface area contributed by atoms with Crippen LogP contribution in [0, 0.1) is 0 Å². The fourth-order valence-corrected chi connectivity index (χ4v) is 3.14. The van der Waals surface area contributed by atoms with Crippen LogP contribution in [0.5, 0.6) is 11.5 Å². The van der Waals surface area contributed by atoms with Gasteiger partial charge in [-0.2, -0.15) is 0 Å². The maximum atomic E-state index is 10.2. The number of fused-ring (bicyclic) bond motifs is 1. The highest BCUT2D eigenvalue weighted by molar-refractivity contribution is 9.10. The molecule has 1 aromatic carbocycles. The fraction of sp³-hybridized carbons (Fsp3) is 0.538. The van der Waals surface area contributed by atoms with Crippen LogP contribution in [0.25, 0.3) is 0 Å². The molecule has 4 heteroatoms. The summed E-state index contributed by atoms with van der Waals surface area (Å²) < 4.78 is 11.6. The van der Waals surface area contributed by atoms with E-state index in [9.17, 15) is 5.11 Å². The first kappa shape index (κ1) is 12.7. The van der Waals surface area contributed by atoms with Gasteiger partial charge in [0.25, 0.3) is 0 Å². The van der Waals surface area contributed by atoms with E-state index in [-0.39, 0.29) is 0 Å². The summed E-state index contributed by atoms with van der Waals surface area (Å²) in [4.78, 5) is 0. The lowest BCUT2D eigenvalue weighted by Gasteiger charge is -2.30. The molecule has 1 aromatic rings. The fourth-order valence-electron chi connectivity index (χ4n) is 2.55. The van der Waals surface area contributed by atoms with E-state index < -0.39 is 6.10 Å². The normalized spacial score (nSPS) is 23.1. The van der Waals surface area contributed by atoms with E-state index in [4.69, 9.17) is 9.47 Å². The smallest absolute Gasteiger partial charge is 0.139 e. The monoisotopic (exact) mass is 300 g/mol. The molecule has 1 aliphatic carbocycles. The minimum Gasteiger partial charge on any atom is -0.496 e. The van der Waals surface area contributed by atoms with Crippen LogP contribution < -0.4 is 9.47 Å². The standard InChI is InChI=1S/C13H17BrO3/c1-7-4-5-9(15)12-11(7)10(16-2)6-8(14)13(12)17-3/h6-7,9,15H,4-5H2,1-3H3/t7?,9-/m1/s1. The Labute approximate surface area is 110 Å². The third kappa shape index (κ3) is 2.04. The number of ether oxygens (including phenoxy) is 2. The Bertz CT molecular complexity index is 431. The van der Waals surface area contributed by atoms with Crippen molar-refractivity contribution in [2.75, 3.05) is 14.2 Å². The molecule has 0 heterocycles. The van der Waals surface area contributed by atoms with Gasteiger partial charge < -0.3 is 14.6 Å². The number of hydrogen-bond donors (Lipinski definition) is 1. The SMILES string of the molecule is COc1cc(Br)c(OC)c2c1C(C)CC[C@H]2O. The van der Waals surface area contributed by atoms with Crippen LogP contribution in [0.4, 0.5) is 0 Å². The quantitative estimate of drug-likeness (QED) is 0.910. The van der Waals surface area contributed by atoms with Crippen LogP contribution in [0.3, 0.4) is 0 Å². The van der Waals surface area contributed by atoms with Crippen LogP contribution in [0.15, 0.2) is 10.5 Å². The van der Waals surface area contributed by atoms with Crippen molar-refractivity contribution < 1.29 is 14.6 Å². The summed E-state index contributed by atoms with van der Waals surface area (Å²) in [5.41, 5.74) is 1.95. The van der Waals surface area contributed by atoms with Crippen LogP contribution in [-0.2, 0) is 0 Å². The van der Waals surface area contributed by atoms with E-state index in [0.717, 1.165) is 39.9 Å². The van der Waals surface area contributed by atoms with Gasteiger partial charge in [-0.05, 0) is 40.8 Å². The third-order valence-electron chi connectivity index (χ3n) is 3.40. The van der Waals surface area contributed by atoms with Crippen molar-refractivity contribution in [2.24, 2.45) is 0 Å². The highest BCUT2D eigenvalue weighted by atomic mass is 79.9. The molecule has 2 rings (SSSR count). The molecule has 0 spiro atoms. The second-order valence-corrected chi connectivity index (χ2v) is 5.27. The van der Waals surface area contributed by atoms with Crippen LogP contribution in [0.2, 0.25) is 0 Å². The van der Waals surface area contributed by atoms with Gasteiger partial charge in [0.15, 0.2) is 0 Å². The topological polar surface area (TPSA) is 38.7 Å². The van der Waals surface area contributed by atoms with Crippen molar-refractivity contribution in [1.82, 2.24) is 0 Å². The first-order valence-electron chi connectivity index (χ1n) is 5.72. The second-order valence-electron chi connectivity index (χ2n) is 4.42. The number of aliphatic hydroxyl groups is 1. The molecule has 94 valence electrons. The number of rotatable bonds is 2. The molecule has 0 amide bonds. The molecule has 1 aliphatic rings. The summed E-state index contributed by atoms with van der Waals surface area (Å²) in [5, 5.41) is 10.2. The molecule has 0 aromatic heterocycles. The highest BCUT2D eigenvalue weighted by Crippen LogP contribution is 2.49. The van der Waals surface area contributed by atoms with Gasteiger partial charge in [0.1, 0.15) is 11.5 Å². The molecule has 0 radical (unpaired) electrons. The Balaban J connectivity index is 2.71. The van der Waals surface area contributed by atoms with Crippen LogP contribution in [-0.4, -0.2) is 19.3 Å². The Hall–Kier alpha value is -0.740. The zero-order valence-corrected chi connectivity index (χ0v) is 11.9. The minimum atomic E-state index is -0.470. The largest absolute Gasteiger partial charge is 0.496 e. The lowest BCUT2D eigenvalue weighted by atomic mass is 9.81. The van der Waals surface area contributed by atoms with Crippen molar-refractivity contribution in [3.63, 3.8) is 0 Å². The first-order chi connectivity index (χ1) is 8.10. The molecule has 0 saturated carbocycles. The number of halogens is 1. The molecule has 0 fully saturated rings. The number of aliphatic hydroxyl groups excluding tert-OH is 1. The molecule has 1 N–H and O–H groups in total. The molecule has 1 unspecified atom stereocenters. The summed E-state index contributed by atoms with van der Waals surface area (Å²) in [6.07, 6.45) is 1.27. The van der Waals surface area contributed by atoms with Crippen molar-refractivity contribution in [3.05, 3.63) is 21.7 Å². The van der Waals surface area contributed by atoms with E-state index in [1.165, 1.54) is 0 Å². The predicted octanol–water partition coefficient (Wildman–Crippen LogP) is 3.40. The van der Waals surface area contributed by atoms with Crippen LogP contribution in [0.1, 0.15) is 42.9 Å². The van der Waals surface area contributed by atoms with Gasteiger partial charge in [0.05, 0.1) is 24.8 Å². The molecular weight excluding hydrogens is 284 g/mol. The van der Waals surface area contributed by atoms with E-state index >= 15 is 0 Å². The van der Waals surface area contributed by atoms with Gasteiger partial charge in [-0.1, -0.05) is 6.92 Å². The summed E-state index contributed by atoms with van der Waals surface area (Å²) >= 11 is 3.46. The van der Waals surface area contributed by atoms with E-state index in [2.05, 4.69) is 22.9 Å². The maximum Gasteiger partial charge on any atom is 0.139 e. The van der Waals surface area contributed by atoms with Crippen molar-refractivity contribution in [3.8, 4) is 11.5 Å². The lowest BCUT2D eigenvalue weighted by molar-refractivity contribution is 0.146. The highest BCUT2D eigenvalue weighted by Gasteiger charge is 2.31. The first-order valence-corrected chi connectivity index (χ1v) is 6.51. The number of methoxy groups -OCH3 is 2. The van der Waals surface area contributed by atoms with Gasteiger partial charge in [-0.3, -0.25) is 0 Å². The summed E-state index contributed by atoms with van der Waals surface area (Å²) in [6.45, 7) is 2.15. The molecule has 17 heavy (non-hydrogen) atoms. The Morgan fingerprint density at radius 2 is 1.94 bits per heavy atom. The van der Waals surface area contributed by atoms with Crippen molar-refractivity contribution in [2.45, 2.75) is 31.8 Å². The summed E-state index contributed by atoms with van der Waals surface area (Å²) in [7, 11) is 3.28. The second kappa shape index (κ2) is 4.86. The molecule has 2 atom stereocenters. The molecule has 3 nitrogen and oxygen atoms in total. The third-order valence-corrected chi connectivity index (χ3v) is 3.99. The zero-order chi connectivity index (χ0) is 12.6. The molecule has 0 aliphatic heterocycles. The average Bonchev–Trinajstić information content (AvgIpc) is 2.32. The Morgan fingerprint density at radius 3 is 2.53 bits per heavy atom. The van der Waals surface area contributed by atoms with Crippen molar-refractivity contribution >= 4 is 15.9 Å². The Morgan fingerprint density at radius 1 is 1.24 bits per heavy atom. The van der Waals surface area contributed by atoms with Gasteiger partial charge in [-0.25, -0.2) is 0 Å². The Kier molecular flexibility index (Phi) is 3.64. The van der Waals surface area contributed by atoms with E-state index in [1.54, 1.807) is 14.2 Å².